The number of nitrogens with one attached hydrogen (secondary N) is 1. The molecule has 2 aromatic carbocycles. The Labute approximate surface area is 145 Å². The van der Waals surface area contributed by atoms with Crippen molar-refractivity contribution >= 4 is 29.3 Å². The quantitative estimate of drug-likeness (QED) is 0.468. The second-order valence-electron chi connectivity index (χ2n) is 4.84. The van der Waals surface area contributed by atoms with Gasteiger partial charge in [-0.2, -0.15) is 18.4 Å². The molecule has 0 fully saturated rings. The average molecular weight is 369 g/mol. The van der Waals surface area contributed by atoms with Crippen LogP contribution >= 0.6 is 11.6 Å². The van der Waals surface area contributed by atoms with Gasteiger partial charge in [0.2, 0.25) is 0 Å². The molecule has 0 aliphatic heterocycles. The molecule has 0 aliphatic carbocycles. The Morgan fingerprint density at radius 2 is 1.88 bits per heavy atom. The van der Waals surface area contributed by atoms with Gasteiger partial charge in [0.05, 0.1) is 10.6 Å². The van der Waals surface area contributed by atoms with Crippen LogP contribution in [0, 0.1) is 17.1 Å². The van der Waals surface area contributed by atoms with E-state index in [1.54, 1.807) is 6.07 Å². The van der Waals surface area contributed by atoms with Crippen LogP contribution in [0.3, 0.4) is 0 Å². The number of halogens is 5. The number of hydrogen-bond donors (Lipinski definition) is 1. The summed E-state index contributed by atoms with van der Waals surface area (Å²) in [6.45, 7) is 0. The molecular weight excluding hydrogens is 360 g/mol. The highest BCUT2D eigenvalue weighted by molar-refractivity contribution is 6.31. The number of anilines is 1. The summed E-state index contributed by atoms with van der Waals surface area (Å²) in [6.07, 6.45) is -3.79. The molecule has 0 saturated carbocycles. The Bertz CT molecular complexity index is 885. The zero-order valence-corrected chi connectivity index (χ0v) is 13.1. The van der Waals surface area contributed by atoms with E-state index in [1.807, 2.05) is 0 Å². The fourth-order valence-electron chi connectivity index (χ4n) is 1.96. The molecule has 128 valence electrons. The number of benzene rings is 2. The van der Waals surface area contributed by atoms with Crippen molar-refractivity contribution in [3.05, 3.63) is 70.0 Å². The molecule has 3 nitrogen and oxygen atoms in total. The minimum absolute atomic E-state index is 0.0988. The molecule has 0 radical (unpaired) electrons. The normalized spacial score (nSPS) is 11.8. The first-order valence-electron chi connectivity index (χ1n) is 6.77. The van der Waals surface area contributed by atoms with Crippen LogP contribution in [0.25, 0.3) is 6.08 Å². The third kappa shape index (κ3) is 4.58. The number of rotatable bonds is 3. The van der Waals surface area contributed by atoms with E-state index in [1.165, 1.54) is 18.2 Å². The van der Waals surface area contributed by atoms with Crippen LogP contribution in [0.2, 0.25) is 5.02 Å². The molecule has 25 heavy (non-hydrogen) atoms. The lowest BCUT2D eigenvalue weighted by molar-refractivity contribution is -0.137. The van der Waals surface area contributed by atoms with Crippen molar-refractivity contribution in [2.45, 2.75) is 6.18 Å². The third-order valence-corrected chi connectivity index (χ3v) is 3.40. The largest absolute Gasteiger partial charge is 0.416 e. The van der Waals surface area contributed by atoms with Gasteiger partial charge in [0, 0.05) is 5.69 Å². The van der Waals surface area contributed by atoms with Crippen molar-refractivity contribution < 1.29 is 22.4 Å². The van der Waals surface area contributed by atoms with Crippen LogP contribution < -0.4 is 5.32 Å². The molecule has 0 atom stereocenters. The highest BCUT2D eigenvalue weighted by atomic mass is 35.5. The molecule has 0 saturated heterocycles. The lowest BCUT2D eigenvalue weighted by atomic mass is 10.0. The number of nitriles is 1. The predicted octanol–water partition coefficient (Wildman–Crippen LogP) is 5.04. The Balaban J connectivity index is 2.33. The van der Waals surface area contributed by atoms with Gasteiger partial charge in [-0.1, -0.05) is 29.8 Å². The van der Waals surface area contributed by atoms with Gasteiger partial charge in [0.1, 0.15) is 17.5 Å². The summed E-state index contributed by atoms with van der Waals surface area (Å²) in [6, 6.07) is 9.42. The third-order valence-electron chi connectivity index (χ3n) is 3.11. The van der Waals surface area contributed by atoms with E-state index in [0.717, 1.165) is 30.3 Å². The minimum atomic E-state index is -4.63. The van der Waals surface area contributed by atoms with Gasteiger partial charge >= 0.3 is 6.18 Å². The summed E-state index contributed by atoms with van der Waals surface area (Å²) >= 11 is 5.58. The summed E-state index contributed by atoms with van der Waals surface area (Å²) in [7, 11) is 0. The van der Waals surface area contributed by atoms with Gasteiger partial charge in [-0.15, -0.1) is 0 Å². The summed E-state index contributed by atoms with van der Waals surface area (Å²) < 4.78 is 52.0. The first-order chi connectivity index (χ1) is 11.7. The Hall–Kier alpha value is -2.85. The zero-order valence-electron chi connectivity index (χ0n) is 12.4. The molecule has 1 amide bonds. The zero-order chi connectivity index (χ0) is 18.6. The second kappa shape index (κ2) is 7.36. The van der Waals surface area contributed by atoms with Crippen LogP contribution in [0.15, 0.2) is 48.0 Å². The highest BCUT2D eigenvalue weighted by Gasteiger charge is 2.32. The first kappa shape index (κ1) is 18.5. The fourth-order valence-corrected chi connectivity index (χ4v) is 2.14. The van der Waals surface area contributed by atoms with E-state index in [4.69, 9.17) is 16.9 Å². The molecule has 0 spiro atoms. The summed E-state index contributed by atoms with van der Waals surface area (Å²) in [5.74, 6) is -1.64. The van der Waals surface area contributed by atoms with Crippen LogP contribution in [0.1, 0.15) is 11.1 Å². The van der Waals surface area contributed by atoms with Crippen LogP contribution in [0.4, 0.5) is 23.2 Å². The van der Waals surface area contributed by atoms with Gasteiger partial charge in [0.25, 0.3) is 5.91 Å². The van der Waals surface area contributed by atoms with Crippen LogP contribution in [-0.4, -0.2) is 5.91 Å². The molecular formula is C17H9ClF4N2O. The van der Waals surface area contributed by atoms with Gasteiger partial charge in [0.15, 0.2) is 0 Å². The summed E-state index contributed by atoms with van der Waals surface area (Å²) in [4.78, 5) is 12.1. The molecule has 1 N–H and O–H groups in total. The van der Waals surface area contributed by atoms with Gasteiger partial charge < -0.3 is 5.32 Å². The molecule has 0 bridgehead atoms. The van der Waals surface area contributed by atoms with E-state index in [-0.39, 0.29) is 16.3 Å². The Morgan fingerprint density at radius 1 is 1.20 bits per heavy atom. The number of carbonyl (C=O) groups is 1. The maximum absolute atomic E-state index is 13.1. The van der Waals surface area contributed by atoms with Crippen molar-refractivity contribution in [3.63, 3.8) is 0 Å². The first-order valence-corrected chi connectivity index (χ1v) is 7.14. The number of alkyl halides is 3. The smallest absolute Gasteiger partial charge is 0.321 e. The summed E-state index contributed by atoms with van der Waals surface area (Å²) in [5, 5.41) is 11.1. The van der Waals surface area contributed by atoms with Crippen LogP contribution in [-0.2, 0) is 11.0 Å². The fraction of sp³-hybridized carbons (Fsp3) is 0.0588. The van der Waals surface area contributed by atoms with E-state index >= 15 is 0 Å². The maximum atomic E-state index is 13.1. The second-order valence-corrected chi connectivity index (χ2v) is 5.25. The molecule has 0 aromatic heterocycles. The summed E-state index contributed by atoms with van der Waals surface area (Å²) in [5.41, 5.74) is -1.74. The van der Waals surface area contributed by atoms with Crippen molar-refractivity contribution in [2.24, 2.45) is 0 Å². The van der Waals surface area contributed by atoms with E-state index in [2.05, 4.69) is 5.32 Å². The van der Waals surface area contributed by atoms with Gasteiger partial charge in [-0.05, 0) is 35.9 Å². The molecule has 0 heterocycles. The molecule has 8 heteroatoms. The van der Waals surface area contributed by atoms with Crippen molar-refractivity contribution in [2.75, 3.05) is 5.32 Å². The number of carbonyl (C=O) groups excluding carboxylic acids is 1. The lowest BCUT2D eigenvalue weighted by Gasteiger charge is -2.10. The Morgan fingerprint density at radius 3 is 2.48 bits per heavy atom. The topological polar surface area (TPSA) is 52.9 Å². The number of nitrogens with zero attached hydrogens (tertiary/aromatic N) is 1. The van der Waals surface area contributed by atoms with Crippen molar-refractivity contribution in [1.29, 1.82) is 5.26 Å². The minimum Gasteiger partial charge on any atom is -0.321 e. The van der Waals surface area contributed by atoms with Crippen LogP contribution in [0.5, 0.6) is 0 Å². The van der Waals surface area contributed by atoms with E-state index in [0.29, 0.717) is 0 Å². The molecule has 2 aromatic rings. The predicted molar refractivity (Wildman–Crippen MR) is 85.1 cm³/mol. The van der Waals surface area contributed by atoms with Gasteiger partial charge in [-0.3, -0.25) is 4.79 Å². The van der Waals surface area contributed by atoms with E-state index in [9.17, 15) is 22.4 Å². The van der Waals surface area contributed by atoms with Gasteiger partial charge in [-0.25, -0.2) is 4.39 Å². The maximum Gasteiger partial charge on any atom is 0.416 e. The molecule has 0 unspecified atom stereocenters. The van der Waals surface area contributed by atoms with Crippen molar-refractivity contribution in [3.8, 4) is 6.07 Å². The number of hydrogen-bond acceptors (Lipinski definition) is 2. The monoisotopic (exact) mass is 368 g/mol. The average Bonchev–Trinajstić information content (AvgIpc) is 2.55. The number of amides is 1. The highest BCUT2D eigenvalue weighted by Crippen LogP contribution is 2.32. The van der Waals surface area contributed by atoms with Crippen molar-refractivity contribution in [1.82, 2.24) is 0 Å². The standard InChI is InChI=1S/C17H9ClF4N2O/c18-14-8-12(5-6-15(14)19)24-16(25)11(9-23)7-10-3-1-2-4-13(10)17(20,21)22/h1-8H,(H,24,25)/b11-7+. The Kier molecular flexibility index (Phi) is 5.45. The SMILES string of the molecule is N#C/C(=C\c1ccccc1C(F)(F)F)C(=O)Nc1ccc(F)c(Cl)c1. The van der Waals surface area contributed by atoms with E-state index < -0.39 is 29.0 Å². The molecule has 2 rings (SSSR count). The lowest BCUT2D eigenvalue weighted by Crippen LogP contribution is -2.14. The molecule has 0 aliphatic rings.